The van der Waals surface area contributed by atoms with E-state index in [1.165, 1.54) is 36.4 Å². The first kappa shape index (κ1) is 33.9. The Balaban J connectivity index is 2.21. The van der Waals surface area contributed by atoms with Crippen LogP contribution < -0.4 is 20.6 Å². The van der Waals surface area contributed by atoms with E-state index in [0.29, 0.717) is 18.1 Å². The van der Waals surface area contributed by atoms with Gasteiger partial charge >= 0.3 is 7.60 Å². The summed E-state index contributed by atoms with van der Waals surface area (Å²) >= 11 is 0. The van der Waals surface area contributed by atoms with Gasteiger partial charge in [0.1, 0.15) is 41.8 Å². The van der Waals surface area contributed by atoms with Crippen LogP contribution in [0.15, 0.2) is 64.8 Å². The molecule has 2 aromatic carbocycles. The minimum absolute atomic E-state index is 0.0500. The lowest BCUT2D eigenvalue weighted by Gasteiger charge is -2.21. The molecular formula is C26H37N4O9PS. The van der Waals surface area contributed by atoms with Crippen LogP contribution in [0.4, 0.5) is 0 Å². The van der Waals surface area contributed by atoms with E-state index in [9.17, 15) is 17.8 Å². The van der Waals surface area contributed by atoms with E-state index in [0.717, 1.165) is 17.6 Å². The standard InChI is InChI=1S/C26H37N4O9PS/c1-7-36-40(32,37-8-2)18-30(27)17-28-20(4)29-26(31)21-13-23(38-19(3)16-35-5)15-24(14-21)39-22-9-11-25(12-10-22)41(6,33)34/h9-15,17,19H,4,7-8,16,18,27H2,1-3,5-6H3,(H,29,31)/b28-17-/t19-/m0/s1. The van der Waals surface area contributed by atoms with Crippen LogP contribution in [0.5, 0.6) is 17.2 Å². The molecule has 15 heteroatoms. The van der Waals surface area contributed by atoms with E-state index in [1.54, 1.807) is 33.9 Å². The van der Waals surface area contributed by atoms with E-state index in [-0.39, 0.29) is 47.6 Å². The largest absolute Gasteiger partial charge is 0.488 e. The van der Waals surface area contributed by atoms with Gasteiger partial charge < -0.3 is 28.6 Å². The third-order valence-corrected chi connectivity index (χ3v) is 8.08. The average Bonchev–Trinajstić information content (AvgIpc) is 2.87. The fourth-order valence-corrected chi connectivity index (χ4v) is 5.48. The molecule has 1 atom stereocenters. The molecule has 1 amide bonds. The number of methoxy groups -OCH3 is 1. The predicted octanol–water partition coefficient (Wildman–Crippen LogP) is 3.92. The van der Waals surface area contributed by atoms with Crippen molar-refractivity contribution in [1.29, 1.82) is 0 Å². The maximum Gasteiger partial charge on any atom is 0.351 e. The normalized spacial score (nSPS) is 12.6. The number of carbonyl (C=O) groups excluding carboxylic acids is 1. The zero-order valence-corrected chi connectivity index (χ0v) is 25.4. The van der Waals surface area contributed by atoms with Gasteiger partial charge in [-0.1, -0.05) is 6.58 Å². The van der Waals surface area contributed by atoms with Crippen LogP contribution in [0.1, 0.15) is 31.1 Å². The number of nitrogens with zero attached hydrogens (tertiary/aromatic N) is 2. The second kappa shape index (κ2) is 15.7. The van der Waals surface area contributed by atoms with E-state index in [2.05, 4.69) is 16.9 Å². The number of hydrazine groups is 1. The fraction of sp³-hybridized carbons (Fsp3) is 0.385. The minimum Gasteiger partial charge on any atom is -0.488 e. The van der Waals surface area contributed by atoms with Gasteiger partial charge in [-0.15, -0.1) is 0 Å². The summed E-state index contributed by atoms with van der Waals surface area (Å²) in [6, 6.07) is 10.4. The molecule has 13 nitrogen and oxygen atoms in total. The van der Waals surface area contributed by atoms with Crippen LogP contribution in [-0.2, 0) is 28.2 Å². The number of ether oxygens (including phenoxy) is 3. The van der Waals surface area contributed by atoms with Crippen molar-refractivity contribution in [3.63, 3.8) is 0 Å². The number of hydrogen-bond donors (Lipinski definition) is 2. The molecule has 0 aliphatic heterocycles. The molecule has 2 rings (SSSR count). The summed E-state index contributed by atoms with van der Waals surface area (Å²) in [5.41, 5.74) is 0.160. The van der Waals surface area contributed by atoms with Crippen molar-refractivity contribution >= 4 is 29.7 Å². The molecule has 0 spiro atoms. The number of nitrogens with two attached hydrogens (primary N) is 1. The Kier molecular flexibility index (Phi) is 13.0. The van der Waals surface area contributed by atoms with Crippen LogP contribution in [0.3, 0.4) is 0 Å². The highest BCUT2D eigenvalue weighted by Gasteiger charge is 2.25. The summed E-state index contributed by atoms with van der Waals surface area (Å²) in [6.45, 7) is 9.52. The summed E-state index contributed by atoms with van der Waals surface area (Å²) in [6.07, 6.45) is 1.65. The van der Waals surface area contributed by atoms with Gasteiger partial charge in [-0.25, -0.2) is 19.3 Å². The third-order valence-electron chi connectivity index (χ3n) is 4.98. The molecule has 0 bridgehead atoms. The first-order chi connectivity index (χ1) is 19.3. The van der Waals surface area contributed by atoms with Gasteiger partial charge in [-0.2, -0.15) is 0 Å². The van der Waals surface area contributed by atoms with Crippen molar-refractivity contribution < 1.29 is 41.0 Å². The molecule has 3 N–H and O–H groups in total. The molecule has 226 valence electrons. The fourth-order valence-electron chi connectivity index (χ4n) is 3.35. The Morgan fingerprint density at radius 2 is 1.73 bits per heavy atom. The number of aliphatic imine (C=N–C) groups is 1. The van der Waals surface area contributed by atoms with Crippen molar-refractivity contribution in [2.24, 2.45) is 10.8 Å². The number of rotatable bonds is 17. The highest BCUT2D eigenvalue weighted by atomic mass is 32.2. The van der Waals surface area contributed by atoms with Crippen molar-refractivity contribution in [2.45, 2.75) is 31.8 Å². The molecule has 0 saturated heterocycles. The van der Waals surface area contributed by atoms with Crippen LogP contribution in [-0.4, -0.2) is 71.2 Å². The quantitative estimate of drug-likeness (QED) is 0.0873. The number of hydrogen-bond acceptors (Lipinski definition) is 11. The SMILES string of the molecule is C=C(/N=C\N(N)CP(=O)(OCC)OCC)NC(=O)c1cc(Oc2ccc(S(C)(=O)=O)cc2)cc(O[C@@H](C)COC)c1. The lowest BCUT2D eigenvalue weighted by Crippen LogP contribution is -2.32. The van der Waals surface area contributed by atoms with Crippen molar-refractivity contribution in [2.75, 3.05) is 39.5 Å². The molecule has 0 heterocycles. The smallest absolute Gasteiger partial charge is 0.351 e. The van der Waals surface area contributed by atoms with Crippen molar-refractivity contribution in [3.05, 3.63) is 60.4 Å². The molecular weight excluding hydrogens is 575 g/mol. The summed E-state index contributed by atoms with van der Waals surface area (Å²) in [5, 5.41) is 3.55. The maximum atomic E-state index is 13.0. The highest BCUT2D eigenvalue weighted by Crippen LogP contribution is 2.47. The van der Waals surface area contributed by atoms with Gasteiger partial charge in [0.05, 0.1) is 24.7 Å². The van der Waals surface area contributed by atoms with Gasteiger partial charge in [-0.3, -0.25) is 14.4 Å². The van der Waals surface area contributed by atoms with Crippen LogP contribution in [0, 0.1) is 0 Å². The van der Waals surface area contributed by atoms with E-state index in [1.807, 2.05) is 0 Å². The zero-order valence-electron chi connectivity index (χ0n) is 23.7. The van der Waals surface area contributed by atoms with Gasteiger partial charge in [-0.05, 0) is 57.2 Å². The summed E-state index contributed by atoms with van der Waals surface area (Å²) in [4.78, 5) is 17.2. The number of sulfone groups is 1. The molecule has 0 aliphatic rings. The van der Waals surface area contributed by atoms with Crippen LogP contribution >= 0.6 is 7.60 Å². The van der Waals surface area contributed by atoms with Gasteiger partial charge in [0.25, 0.3) is 5.91 Å². The molecule has 41 heavy (non-hydrogen) atoms. The molecule has 0 fully saturated rings. The zero-order chi connectivity index (χ0) is 30.6. The molecule has 2 aromatic rings. The van der Waals surface area contributed by atoms with Gasteiger partial charge in [0.15, 0.2) is 9.84 Å². The van der Waals surface area contributed by atoms with E-state index < -0.39 is 23.3 Å². The molecule has 0 aliphatic carbocycles. The summed E-state index contributed by atoms with van der Waals surface area (Å²) < 4.78 is 63.4. The lowest BCUT2D eigenvalue weighted by atomic mass is 10.2. The number of benzene rings is 2. The monoisotopic (exact) mass is 612 g/mol. The first-order valence-corrected chi connectivity index (χ1v) is 16.1. The second-order valence-electron chi connectivity index (χ2n) is 8.67. The average molecular weight is 613 g/mol. The van der Waals surface area contributed by atoms with Crippen LogP contribution in [0.25, 0.3) is 0 Å². The molecule has 0 aromatic heterocycles. The summed E-state index contributed by atoms with van der Waals surface area (Å²) in [5.74, 6) is 6.16. The predicted molar refractivity (Wildman–Crippen MR) is 155 cm³/mol. The third kappa shape index (κ3) is 11.6. The second-order valence-corrected chi connectivity index (χ2v) is 12.7. The number of amides is 1. The highest BCUT2D eigenvalue weighted by molar-refractivity contribution is 7.90. The van der Waals surface area contributed by atoms with E-state index in [4.69, 9.17) is 29.1 Å². The Hall–Kier alpha value is -3.26. The molecule has 0 saturated carbocycles. The maximum absolute atomic E-state index is 13.0. The first-order valence-electron chi connectivity index (χ1n) is 12.5. The Morgan fingerprint density at radius 1 is 1.12 bits per heavy atom. The molecule has 0 unspecified atom stereocenters. The Morgan fingerprint density at radius 3 is 2.29 bits per heavy atom. The van der Waals surface area contributed by atoms with Crippen molar-refractivity contribution in [1.82, 2.24) is 10.3 Å². The topological polar surface area (TPSA) is 168 Å². The van der Waals surface area contributed by atoms with Gasteiger partial charge in [0.2, 0.25) is 0 Å². The number of nitrogens with one attached hydrogen (secondary N) is 1. The van der Waals surface area contributed by atoms with Gasteiger partial charge in [0, 0.05) is 25.0 Å². The Bertz CT molecular complexity index is 1360. The van der Waals surface area contributed by atoms with E-state index >= 15 is 0 Å². The minimum atomic E-state index is -3.45. The van der Waals surface area contributed by atoms with Crippen LogP contribution in [0.2, 0.25) is 0 Å². The Labute approximate surface area is 240 Å². The lowest BCUT2D eigenvalue weighted by molar-refractivity contribution is 0.0911. The van der Waals surface area contributed by atoms with Crippen molar-refractivity contribution in [3.8, 4) is 17.2 Å². The summed E-state index contributed by atoms with van der Waals surface area (Å²) in [7, 11) is -5.28. The molecule has 0 radical (unpaired) electrons. The number of carbonyl (C=O) groups is 1.